The van der Waals surface area contributed by atoms with Crippen LogP contribution in [0.1, 0.15) is 36.0 Å². The molecule has 0 bridgehead atoms. The first-order valence-electron chi connectivity index (χ1n) is 6.77. The van der Waals surface area contributed by atoms with E-state index < -0.39 is 0 Å². The largest absolute Gasteiger partial charge is 0.273 e. The monoisotopic (exact) mass is 259 g/mol. The molecule has 100 valence electrons. The maximum atomic E-state index is 12.0. The Hall–Kier alpha value is -1.91. The number of hydrogen-bond donors (Lipinski definition) is 2. The first-order valence-corrected chi connectivity index (χ1v) is 6.77. The summed E-state index contributed by atoms with van der Waals surface area (Å²) in [5, 5.41) is 0. The van der Waals surface area contributed by atoms with Gasteiger partial charge in [-0.25, -0.2) is 0 Å². The zero-order valence-corrected chi connectivity index (χ0v) is 10.6. The molecule has 0 radical (unpaired) electrons. The average molecular weight is 259 g/mol. The summed E-state index contributed by atoms with van der Waals surface area (Å²) in [7, 11) is 0. The topological polar surface area (TPSA) is 71.1 Å². The molecule has 1 aromatic heterocycles. The van der Waals surface area contributed by atoms with Gasteiger partial charge < -0.3 is 0 Å². The molecule has 2 fully saturated rings. The van der Waals surface area contributed by atoms with E-state index in [0.717, 1.165) is 12.8 Å². The van der Waals surface area contributed by atoms with Gasteiger partial charge in [-0.3, -0.25) is 25.4 Å². The number of amides is 2. The molecule has 2 aliphatic rings. The van der Waals surface area contributed by atoms with E-state index in [9.17, 15) is 9.59 Å². The summed E-state index contributed by atoms with van der Waals surface area (Å²) in [5.74, 6) is 0.823. The molecule has 5 nitrogen and oxygen atoms in total. The Kier molecular flexibility index (Phi) is 3.19. The lowest BCUT2D eigenvalue weighted by molar-refractivity contribution is -0.123. The molecular weight excluding hydrogens is 242 g/mol. The van der Waals surface area contributed by atoms with E-state index in [0.29, 0.717) is 17.4 Å². The van der Waals surface area contributed by atoms with Crippen LogP contribution in [0.3, 0.4) is 0 Å². The number of aromatic nitrogens is 1. The smallest absolute Gasteiger partial charge is 0.271 e. The molecule has 2 saturated carbocycles. The second-order valence-corrected chi connectivity index (χ2v) is 5.32. The second-order valence-electron chi connectivity index (χ2n) is 5.32. The average Bonchev–Trinajstić information content (AvgIpc) is 3.19. The van der Waals surface area contributed by atoms with Crippen molar-refractivity contribution in [2.24, 2.45) is 17.8 Å². The summed E-state index contributed by atoms with van der Waals surface area (Å²) in [6.45, 7) is 0. The standard InChI is InChI=1S/C14H17N3O2/c18-13(9-4-3-7-15-8-9)16-17-14(19)12-10-5-1-2-6-11(10)12/h3-4,7-8,10-12H,1-2,5-6H2,(H,16,18)(H,17,19)/t10-,11+,12?. The number of pyridine rings is 1. The van der Waals surface area contributed by atoms with Crippen LogP contribution >= 0.6 is 0 Å². The summed E-state index contributed by atoms with van der Waals surface area (Å²) < 4.78 is 0. The second kappa shape index (κ2) is 4.99. The van der Waals surface area contributed by atoms with Crippen molar-refractivity contribution < 1.29 is 9.59 Å². The molecule has 1 aromatic rings. The molecule has 1 heterocycles. The molecule has 19 heavy (non-hydrogen) atoms. The van der Waals surface area contributed by atoms with Crippen LogP contribution in [0.25, 0.3) is 0 Å². The number of hydrazine groups is 1. The number of nitrogens with one attached hydrogen (secondary N) is 2. The summed E-state index contributed by atoms with van der Waals surface area (Å²) in [4.78, 5) is 27.6. The predicted octanol–water partition coefficient (Wildman–Crippen LogP) is 1.28. The molecular formula is C14H17N3O2. The van der Waals surface area contributed by atoms with Crippen molar-refractivity contribution in [3.63, 3.8) is 0 Å². The van der Waals surface area contributed by atoms with E-state index in [1.165, 1.54) is 19.0 Å². The van der Waals surface area contributed by atoms with Gasteiger partial charge in [0.15, 0.2) is 0 Å². The van der Waals surface area contributed by atoms with Crippen LogP contribution in [-0.4, -0.2) is 16.8 Å². The van der Waals surface area contributed by atoms with Crippen LogP contribution < -0.4 is 10.9 Å². The van der Waals surface area contributed by atoms with Crippen molar-refractivity contribution in [2.45, 2.75) is 25.7 Å². The molecule has 0 saturated heterocycles. The molecule has 2 N–H and O–H groups in total. The van der Waals surface area contributed by atoms with Gasteiger partial charge in [-0.1, -0.05) is 12.8 Å². The Morgan fingerprint density at radius 3 is 2.53 bits per heavy atom. The number of carbonyl (C=O) groups excluding carboxylic acids is 2. The van der Waals surface area contributed by atoms with Crippen molar-refractivity contribution in [3.05, 3.63) is 30.1 Å². The number of rotatable bonds is 2. The lowest BCUT2D eigenvalue weighted by atomic mass is 10.0. The number of nitrogens with zero attached hydrogens (tertiary/aromatic N) is 1. The van der Waals surface area contributed by atoms with Crippen molar-refractivity contribution in [1.82, 2.24) is 15.8 Å². The Balaban J connectivity index is 1.50. The third-order valence-corrected chi connectivity index (χ3v) is 4.18. The highest BCUT2D eigenvalue weighted by atomic mass is 16.2. The fourth-order valence-electron chi connectivity index (χ4n) is 3.15. The minimum absolute atomic E-state index is 0.0471. The van der Waals surface area contributed by atoms with Gasteiger partial charge in [0.05, 0.1) is 5.56 Å². The zero-order valence-electron chi connectivity index (χ0n) is 10.6. The Bertz CT molecular complexity index is 477. The van der Waals surface area contributed by atoms with E-state index in [-0.39, 0.29) is 17.7 Å². The Morgan fingerprint density at radius 1 is 1.16 bits per heavy atom. The number of carbonyl (C=O) groups is 2. The quantitative estimate of drug-likeness (QED) is 0.786. The van der Waals surface area contributed by atoms with Gasteiger partial charge in [-0.15, -0.1) is 0 Å². The van der Waals surface area contributed by atoms with E-state index in [2.05, 4.69) is 15.8 Å². The van der Waals surface area contributed by atoms with Crippen LogP contribution in [0.2, 0.25) is 0 Å². The Morgan fingerprint density at radius 2 is 1.89 bits per heavy atom. The molecule has 1 unspecified atom stereocenters. The van der Waals surface area contributed by atoms with Gasteiger partial charge in [0.2, 0.25) is 5.91 Å². The van der Waals surface area contributed by atoms with Crippen molar-refractivity contribution >= 4 is 11.8 Å². The maximum Gasteiger partial charge on any atom is 0.271 e. The van der Waals surface area contributed by atoms with Crippen LogP contribution in [0.5, 0.6) is 0 Å². The SMILES string of the molecule is O=C(NNC(=O)C1[C@H]2CCCC[C@@H]12)c1cccnc1. The fourth-order valence-corrected chi connectivity index (χ4v) is 3.15. The van der Waals surface area contributed by atoms with Gasteiger partial charge in [-0.2, -0.15) is 0 Å². The maximum absolute atomic E-state index is 12.0. The summed E-state index contributed by atoms with van der Waals surface area (Å²) in [6, 6.07) is 3.34. The molecule has 2 amide bonds. The van der Waals surface area contributed by atoms with Crippen LogP contribution in [0.15, 0.2) is 24.5 Å². The summed E-state index contributed by atoms with van der Waals surface area (Å²) in [6.07, 6.45) is 7.83. The molecule has 3 rings (SSSR count). The highest BCUT2D eigenvalue weighted by Gasteiger charge is 2.54. The molecule has 5 heteroatoms. The summed E-state index contributed by atoms with van der Waals surface area (Å²) in [5.41, 5.74) is 5.43. The van der Waals surface area contributed by atoms with Gasteiger partial charge in [0.25, 0.3) is 5.91 Å². The molecule has 0 spiro atoms. The van der Waals surface area contributed by atoms with E-state index in [4.69, 9.17) is 0 Å². The van der Waals surface area contributed by atoms with Gasteiger partial charge in [0, 0.05) is 18.3 Å². The predicted molar refractivity (Wildman–Crippen MR) is 68.8 cm³/mol. The fraction of sp³-hybridized carbons (Fsp3) is 0.500. The lowest BCUT2D eigenvalue weighted by Crippen LogP contribution is -2.42. The van der Waals surface area contributed by atoms with Crippen molar-refractivity contribution in [2.75, 3.05) is 0 Å². The zero-order chi connectivity index (χ0) is 13.2. The highest BCUT2D eigenvalue weighted by Crippen LogP contribution is 2.55. The molecule has 2 aliphatic carbocycles. The molecule has 0 aliphatic heterocycles. The van der Waals surface area contributed by atoms with Crippen LogP contribution in [-0.2, 0) is 4.79 Å². The van der Waals surface area contributed by atoms with E-state index in [1.807, 2.05) is 0 Å². The van der Waals surface area contributed by atoms with Crippen molar-refractivity contribution in [1.29, 1.82) is 0 Å². The third-order valence-electron chi connectivity index (χ3n) is 4.18. The molecule has 0 aromatic carbocycles. The van der Waals surface area contributed by atoms with E-state index >= 15 is 0 Å². The number of fused-ring (bicyclic) bond motifs is 1. The van der Waals surface area contributed by atoms with Crippen LogP contribution in [0, 0.1) is 17.8 Å². The van der Waals surface area contributed by atoms with Crippen molar-refractivity contribution in [3.8, 4) is 0 Å². The lowest BCUT2D eigenvalue weighted by Gasteiger charge is -2.06. The normalized spacial score (nSPS) is 28.1. The van der Waals surface area contributed by atoms with Gasteiger partial charge >= 0.3 is 0 Å². The molecule has 3 atom stereocenters. The third kappa shape index (κ3) is 2.45. The highest BCUT2D eigenvalue weighted by molar-refractivity contribution is 5.95. The minimum atomic E-state index is -0.329. The van der Waals surface area contributed by atoms with Crippen LogP contribution in [0.4, 0.5) is 0 Å². The summed E-state index contributed by atoms with van der Waals surface area (Å²) >= 11 is 0. The van der Waals surface area contributed by atoms with Gasteiger partial charge in [0.1, 0.15) is 0 Å². The number of hydrogen-bond acceptors (Lipinski definition) is 3. The van der Waals surface area contributed by atoms with E-state index in [1.54, 1.807) is 18.3 Å². The van der Waals surface area contributed by atoms with Gasteiger partial charge in [-0.05, 0) is 36.8 Å². The minimum Gasteiger partial charge on any atom is -0.273 e. The Labute approximate surface area is 111 Å². The first-order chi connectivity index (χ1) is 9.27. The first kappa shape index (κ1) is 12.1.